The third kappa shape index (κ3) is 3.70. The van der Waals surface area contributed by atoms with Crippen molar-refractivity contribution < 1.29 is 27.4 Å². The molecule has 0 fully saturated rings. The molecule has 0 aliphatic carbocycles. The van der Waals surface area contributed by atoms with E-state index in [-0.39, 0.29) is 5.56 Å². The van der Waals surface area contributed by atoms with Crippen LogP contribution in [0.3, 0.4) is 0 Å². The van der Waals surface area contributed by atoms with E-state index in [9.17, 15) is 22.7 Å². The Morgan fingerprint density at radius 2 is 1.70 bits per heavy atom. The summed E-state index contributed by atoms with van der Waals surface area (Å²) in [5.41, 5.74) is -1.90. The summed E-state index contributed by atoms with van der Waals surface area (Å²) >= 11 is 0. The van der Waals surface area contributed by atoms with E-state index in [0.717, 1.165) is 6.07 Å². The Bertz CT molecular complexity index is 463. The average Bonchev–Trinajstić information content (AvgIpc) is 2.26. The summed E-state index contributed by atoms with van der Waals surface area (Å²) in [7, 11) is 1.37. The van der Waals surface area contributed by atoms with Crippen molar-refractivity contribution in [3.8, 4) is 0 Å². The first-order chi connectivity index (χ1) is 8.98. The minimum atomic E-state index is -4.80. The van der Waals surface area contributed by atoms with E-state index >= 15 is 0 Å². The molecule has 2 unspecified atom stereocenters. The van der Waals surface area contributed by atoms with Gasteiger partial charge in [-0.15, -0.1) is 0 Å². The molecule has 0 radical (unpaired) electrons. The first-order valence-electron chi connectivity index (χ1n) is 6.06. The molecule has 20 heavy (non-hydrogen) atoms. The Hall–Kier alpha value is -1.14. The average molecular weight is 294 g/mol. The zero-order valence-electron chi connectivity index (χ0n) is 11.8. The van der Waals surface area contributed by atoms with Gasteiger partial charge in [-0.1, -0.05) is 26.8 Å². The Labute approximate surface area is 115 Å². The summed E-state index contributed by atoms with van der Waals surface area (Å²) < 4.78 is 56.3. The fourth-order valence-electron chi connectivity index (χ4n) is 2.07. The van der Waals surface area contributed by atoms with Crippen molar-refractivity contribution in [3.63, 3.8) is 0 Å². The second-order valence-corrected chi connectivity index (χ2v) is 5.70. The molecule has 0 aromatic heterocycles. The van der Waals surface area contributed by atoms with Crippen LogP contribution in [0.4, 0.5) is 17.6 Å². The lowest BCUT2D eigenvalue weighted by molar-refractivity contribution is -0.140. The number of ether oxygens (including phenoxy) is 1. The SMILES string of the molecule is COC(C(O)c1ccc(F)c(C(F)(F)F)c1)C(C)(C)C. The van der Waals surface area contributed by atoms with Crippen molar-refractivity contribution in [2.75, 3.05) is 7.11 Å². The molecule has 114 valence electrons. The van der Waals surface area contributed by atoms with Crippen molar-refractivity contribution in [3.05, 3.63) is 35.1 Å². The van der Waals surface area contributed by atoms with Crippen LogP contribution in [0.5, 0.6) is 0 Å². The molecule has 0 spiro atoms. The van der Waals surface area contributed by atoms with Gasteiger partial charge >= 0.3 is 6.18 Å². The fourth-order valence-corrected chi connectivity index (χ4v) is 2.07. The number of aliphatic hydroxyl groups excluding tert-OH is 1. The first kappa shape index (κ1) is 16.9. The van der Waals surface area contributed by atoms with Crippen LogP contribution >= 0.6 is 0 Å². The molecule has 0 saturated heterocycles. The molecule has 1 aromatic carbocycles. The van der Waals surface area contributed by atoms with Crippen LogP contribution in [0.15, 0.2) is 18.2 Å². The van der Waals surface area contributed by atoms with Crippen LogP contribution in [0, 0.1) is 11.2 Å². The largest absolute Gasteiger partial charge is 0.419 e. The number of hydrogen-bond acceptors (Lipinski definition) is 2. The molecule has 0 aliphatic rings. The van der Waals surface area contributed by atoms with Gasteiger partial charge in [0.2, 0.25) is 0 Å². The van der Waals surface area contributed by atoms with Crippen molar-refractivity contribution >= 4 is 0 Å². The fraction of sp³-hybridized carbons (Fsp3) is 0.571. The van der Waals surface area contributed by atoms with Crippen LogP contribution in [0.25, 0.3) is 0 Å². The number of rotatable bonds is 3. The van der Waals surface area contributed by atoms with Crippen LogP contribution < -0.4 is 0 Å². The molecule has 6 heteroatoms. The highest BCUT2D eigenvalue weighted by Gasteiger charge is 2.37. The molecular formula is C14H18F4O2. The van der Waals surface area contributed by atoms with Gasteiger partial charge in [-0.2, -0.15) is 13.2 Å². The topological polar surface area (TPSA) is 29.5 Å². The van der Waals surface area contributed by atoms with Gasteiger partial charge in [0.25, 0.3) is 0 Å². The normalized spacial score (nSPS) is 16.1. The van der Waals surface area contributed by atoms with Crippen molar-refractivity contribution in [2.24, 2.45) is 5.41 Å². The van der Waals surface area contributed by atoms with Crippen LogP contribution in [0.2, 0.25) is 0 Å². The third-order valence-corrected chi connectivity index (χ3v) is 3.03. The van der Waals surface area contributed by atoms with Gasteiger partial charge in [-0.05, 0) is 23.1 Å². The van der Waals surface area contributed by atoms with E-state index in [1.54, 1.807) is 20.8 Å². The zero-order valence-corrected chi connectivity index (χ0v) is 11.8. The lowest BCUT2D eigenvalue weighted by Gasteiger charge is -2.33. The summed E-state index contributed by atoms with van der Waals surface area (Å²) in [6.07, 6.45) is -6.79. The van der Waals surface area contributed by atoms with Gasteiger partial charge in [0.1, 0.15) is 11.9 Å². The quantitative estimate of drug-likeness (QED) is 0.856. The second-order valence-electron chi connectivity index (χ2n) is 5.70. The molecular weight excluding hydrogens is 276 g/mol. The van der Waals surface area contributed by atoms with Gasteiger partial charge in [0.05, 0.1) is 11.7 Å². The van der Waals surface area contributed by atoms with Crippen molar-refractivity contribution in [2.45, 2.75) is 39.2 Å². The molecule has 0 amide bonds. The number of benzene rings is 1. The van der Waals surface area contributed by atoms with Gasteiger partial charge < -0.3 is 9.84 Å². The van der Waals surface area contributed by atoms with Gasteiger partial charge in [0, 0.05) is 7.11 Å². The molecule has 1 N–H and O–H groups in total. The lowest BCUT2D eigenvalue weighted by atomic mass is 9.83. The van der Waals surface area contributed by atoms with E-state index in [0.29, 0.717) is 12.1 Å². The highest BCUT2D eigenvalue weighted by Crippen LogP contribution is 2.36. The molecule has 0 heterocycles. The second kappa shape index (κ2) is 5.69. The highest BCUT2D eigenvalue weighted by molar-refractivity contribution is 5.29. The predicted octanol–water partition coefficient (Wildman–Crippen LogP) is 3.94. The Morgan fingerprint density at radius 3 is 2.10 bits per heavy atom. The van der Waals surface area contributed by atoms with E-state index in [1.807, 2.05) is 0 Å². The van der Waals surface area contributed by atoms with E-state index in [4.69, 9.17) is 4.74 Å². The number of halogens is 4. The molecule has 1 rings (SSSR count). The Balaban J connectivity index is 3.21. The Morgan fingerprint density at radius 1 is 1.15 bits per heavy atom. The smallest absolute Gasteiger partial charge is 0.386 e. The van der Waals surface area contributed by atoms with Crippen molar-refractivity contribution in [1.82, 2.24) is 0 Å². The monoisotopic (exact) mass is 294 g/mol. The maximum absolute atomic E-state index is 13.2. The number of methoxy groups -OCH3 is 1. The first-order valence-corrected chi connectivity index (χ1v) is 6.06. The van der Waals surface area contributed by atoms with Gasteiger partial charge in [0.15, 0.2) is 0 Å². The minimum Gasteiger partial charge on any atom is -0.386 e. The summed E-state index contributed by atoms with van der Waals surface area (Å²) in [5.74, 6) is -1.36. The maximum atomic E-state index is 13.2. The van der Waals surface area contributed by atoms with Crippen LogP contribution in [-0.2, 0) is 10.9 Å². The van der Waals surface area contributed by atoms with Gasteiger partial charge in [-0.25, -0.2) is 4.39 Å². The number of aliphatic hydroxyl groups is 1. The van der Waals surface area contributed by atoms with E-state index < -0.39 is 35.2 Å². The maximum Gasteiger partial charge on any atom is 0.419 e. The van der Waals surface area contributed by atoms with Crippen LogP contribution in [-0.4, -0.2) is 18.3 Å². The molecule has 1 aromatic rings. The minimum absolute atomic E-state index is 0.0273. The van der Waals surface area contributed by atoms with Gasteiger partial charge in [-0.3, -0.25) is 0 Å². The molecule has 0 aliphatic heterocycles. The summed E-state index contributed by atoms with van der Waals surface area (Å²) in [6.45, 7) is 5.37. The summed E-state index contributed by atoms with van der Waals surface area (Å²) in [5, 5.41) is 10.2. The van der Waals surface area contributed by atoms with Crippen molar-refractivity contribution in [1.29, 1.82) is 0 Å². The summed E-state index contributed by atoms with van der Waals surface area (Å²) in [6, 6.07) is 2.46. The molecule has 2 atom stereocenters. The standard InChI is InChI=1S/C14H18F4O2/c1-13(2,3)12(20-4)11(19)8-5-6-10(15)9(7-8)14(16,17)18/h5-7,11-12,19H,1-4H3. The highest BCUT2D eigenvalue weighted by atomic mass is 19.4. The van der Waals surface area contributed by atoms with Crippen LogP contribution in [0.1, 0.15) is 38.0 Å². The van der Waals surface area contributed by atoms with E-state index in [1.165, 1.54) is 7.11 Å². The molecule has 2 nitrogen and oxygen atoms in total. The number of hydrogen-bond donors (Lipinski definition) is 1. The summed E-state index contributed by atoms with van der Waals surface area (Å²) in [4.78, 5) is 0. The third-order valence-electron chi connectivity index (χ3n) is 3.03. The Kier molecular flexibility index (Phi) is 4.82. The molecule has 0 bridgehead atoms. The lowest BCUT2D eigenvalue weighted by Crippen LogP contribution is -2.34. The molecule has 0 saturated carbocycles. The van der Waals surface area contributed by atoms with E-state index in [2.05, 4.69) is 0 Å². The predicted molar refractivity (Wildman–Crippen MR) is 66.6 cm³/mol. The number of alkyl halides is 3. The zero-order chi connectivity index (χ0) is 15.7.